The topological polar surface area (TPSA) is 72.7 Å². The number of benzene rings is 1. The fraction of sp³-hybridized carbons (Fsp3) is 0.500. The largest absolute Gasteiger partial charge is 0.396 e. The Morgan fingerprint density at radius 1 is 0.812 bits per heavy atom. The molecule has 0 unspecified atom stereocenters. The summed E-state index contributed by atoms with van der Waals surface area (Å²) in [6, 6.07) is 9.95. The number of aliphatic hydroxyl groups is 3. The van der Waals surface area contributed by atoms with Gasteiger partial charge in [0.05, 0.1) is 13.2 Å². The molecular weight excluding hydrogens is 206 g/mol. The Hall–Kier alpha value is -0.940. The first-order chi connectivity index (χ1) is 7.85. The van der Waals surface area contributed by atoms with Gasteiger partial charge in [-0.15, -0.1) is 0 Å². The number of hydrogen-bond acceptors (Lipinski definition) is 4. The predicted molar refractivity (Wildman–Crippen MR) is 64.3 cm³/mol. The van der Waals surface area contributed by atoms with E-state index in [-0.39, 0.29) is 19.8 Å². The van der Waals surface area contributed by atoms with Gasteiger partial charge in [0, 0.05) is 19.7 Å². The average molecular weight is 227 g/mol. The maximum atomic E-state index is 8.52. The number of hydrogen-bond donors (Lipinski definition) is 4. The average Bonchev–Trinajstić information content (AvgIpc) is 2.32. The third-order valence-electron chi connectivity index (χ3n) is 1.82. The molecule has 0 saturated heterocycles. The van der Waals surface area contributed by atoms with Crippen molar-refractivity contribution in [2.45, 2.75) is 6.42 Å². The summed E-state index contributed by atoms with van der Waals surface area (Å²) in [6.07, 6.45) is 0.765. The summed E-state index contributed by atoms with van der Waals surface area (Å²) in [7, 11) is 0. The quantitative estimate of drug-likeness (QED) is 0.507. The molecule has 0 spiro atoms. The molecule has 4 N–H and O–H groups in total. The minimum Gasteiger partial charge on any atom is -0.396 e. The van der Waals surface area contributed by atoms with Gasteiger partial charge in [-0.2, -0.15) is 0 Å². The molecule has 0 heterocycles. The van der Waals surface area contributed by atoms with Gasteiger partial charge in [-0.3, -0.25) is 0 Å². The van der Waals surface area contributed by atoms with Crippen molar-refractivity contribution in [3.8, 4) is 0 Å². The minimum atomic E-state index is 0.139. The zero-order chi connectivity index (χ0) is 12.1. The van der Waals surface area contributed by atoms with Crippen LogP contribution < -0.4 is 5.32 Å². The zero-order valence-corrected chi connectivity index (χ0v) is 9.47. The van der Waals surface area contributed by atoms with Gasteiger partial charge in [-0.1, -0.05) is 30.3 Å². The van der Waals surface area contributed by atoms with Gasteiger partial charge >= 0.3 is 0 Å². The normalized spacial score (nSPS) is 9.44. The molecule has 4 nitrogen and oxygen atoms in total. The monoisotopic (exact) mass is 227 g/mol. The smallest absolute Gasteiger partial charge is 0.0555 e. The van der Waals surface area contributed by atoms with E-state index in [1.165, 1.54) is 5.56 Å². The molecule has 0 aliphatic rings. The van der Waals surface area contributed by atoms with Gasteiger partial charge in [0.25, 0.3) is 0 Å². The van der Waals surface area contributed by atoms with E-state index in [1.807, 2.05) is 30.3 Å². The Balaban J connectivity index is 0.000000293. The van der Waals surface area contributed by atoms with Gasteiger partial charge < -0.3 is 20.6 Å². The van der Waals surface area contributed by atoms with E-state index in [0.29, 0.717) is 13.1 Å². The van der Waals surface area contributed by atoms with Crippen molar-refractivity contribution in [2.75, 3.05) is 32.9 Å². The molecule has 0 aliphatic heterocycles. The third kappa shape index (κ3) is 9.61. The second-order valence-electron chi connectivity index (χ2n) is 3.16. The summed E-state index contributed by atoms with van der Waals surface area (Å²) in [6.45, 7) is 1.66. The lowest BCUT2D eigenvalue weighted by Gasteiger charge is -1.94. The van der Waals surface area contributed by atoms with Crippen LogP contribution in [-0.2, 0) is 6.42 Å². The first-order valence-corrected chi connectivity index (χ1v) is 5.42. The Bertz CT molecular complexity index is 225. The SMILES string of the molecule is OCCNCCO.OCCc1ccccc1. The van der Waals surface area contributed by atoms with Crippen LogP contribution in [-0.4, -0.2) is 48.2 Å². The van der Waals surface area contributed by atoms with Gasteiger partial charge in [0.2, 0.25) is 0 Å². The Labute approximate surface area is 96.6 Å². The first-order valence-electron chi connectivity index (χ1n) is 5.42. The highest BCUT2D eigenvalue weighted by atomic mass is 16.3. The van der Waals surface area contributed by atoms with Crippen molar-refractivity contribution in [1.82, 2.24) is 5.32 Å². The fourth-order valence-electron chi connectivity index (χ4n) is 1.06. The number of nitrogens with one attached hydrogen (secondary N) is 1. The highest BCUT2D eigenvalue weighted by Gasteiger charge is 1.85. The first kappa shape index (κ1) is 15.1. The van der Waals surface area contributed by atoms with Crippen LogP contribution in [0, 0.1) is 0 Å². The highest BCUT2D eigenvalue weighted by molar-refractivity contribution is 5.14. The zero-order valence-electron chi connectivity index (χ0n) is 9.47. The van der Waals surface area contributed by atoms with E-state index in [4.69, 9.17) is 15.3 Å². The summed E-state index contributed by atoms with van der Waals surface area (Å²) >= 11 is 0. The molecule has 1 aromatic rings. The minimum absolute atomic E-state index is 0.139. The number of rotatable bonds is 6. The maximum absolute atomic E-state index is 8.52. The molecule has 0 amide bonds. The summed E-state index contributed by atoms with van der Waals surface area (Å²) < 4.78 is 0. The lowest BCUT2D eigenvalue weighted by Crippen LogP contribution is -2.21. The van der Waals surface area contributed by atoms with Gasteiger partial charge in [-0.05, 0) is 12.0 Å². The van der Waals surface area contributed by atoms with E-state index in [2.05, 4.69) is 5.32 Å². The summed E-state index contributed by atoms with van der Waals surface area (Å²) in [5, 5.41) is 27.6. The number of aliphatic hydroxyl groups excluding tert-OH is 3. The van der Waals surface area contributed by atoms with Crippen LogP contribution in [0.25, 0.3) is 0 Å². The van der Waals surface area contributed by atoms with Crippen LogP contribution in [0.2, 0.25) is 0 Å². The Morgan fingerprint density at radius 2 is 1.38 bits per heavy atom. The van der Waals surface area contributed by atoms with Crippen molar-refractivity contribution >= 4 is 0 Å². The van der Waals surface area contributed by atoms with Crippen LogP contribution in [0.1, 0.15) is 5.56 Å². The van der Waals surface area contributed by atoms with E-state index >= 15 is 0 Å². The lowest BCUT2D eigenvalue weighted by molar-refractivity contribution is 0.266. The van der Waals surface area contributed by atoms with E-state index in [9.17, 15) is 0 Å². The molecule has 0 atom stereocenters. The van der Waals surface area contributed by atoms with Crippen LogP contribution in [0.4, 0.5) is 0 Å². The van der Waals surface area contributed by atoms with Crippen LogP contribution in [0.15, 0.2) is 30.3 Å². The highest BCUT2D eigenvalue weighted by Crippen LogP contribution is 1.97. The fourth-order valence-corrected chi connectivity index (χ4v) is 1.06. The van der Waals surface area contributed by atoms with Crippen molar-refractivity contribution in [2.24, 2.45) is 0 Å². The van der Waals surface area contributed by atoms with Gasteiger partial charge in [-0.25, -0.2) is 0 Å². The Morgan fingerprint density at radius 3 is 1.81 bits per heavy atom. The molecular formula is C12H21NO3. The molecule has 0 bridgehead atoms. The summed E-state index contributed by atoms with van der Waals surface area (Å²) in [4.78, 5) is 0. The standard InChI is InChI=1S/C8H10O.C4H11NO2/c9-7-6-8-4-2-1-3-5-8;6-3-1-5-2-4-7/h1-5,9H,6-7H2;5-7H,1-4H2. The van der Waals surface area contributed by atoms with Crippen LogP contribution in [0.5, 0.6) is 0 Å². The van der Waals surface area contributed by atoms with Crippen molar-refractivity contribution < 1.29 is 15.3 Å². The van der Waals surface area contributed by atoms with Crippen LogP contribution >= 0.6 is 0 Å². The molecule has 0 aliphatic carbocycles. The Kier molecular flexibility index (Phi) is 11.4. The van der Waals surface area contributed by atoms with Crippen molar-refractivity contribution in [3.05, 3.63) is 35.9 Å². The predicted octanol–water partition coefficient (Wildman–Crippen LogP) is -0.218. The second kappa shape index (κ2) is 12.1. The molecule has 1 rings (SSSR count). The molecule has 4 heteroatoms. The molecule has 16 heavy (non-hydrogen) atoms. The molecule has 0 radical (unpaired) electrons. The molecule has 92 valence electrons. The van der Waals surface area contributed by atoms with Crippen LogP contribution in [0.3, 0.4) is 0 Å². The molecule has 0 saturated carbocycles. The second-order valence-corrected chi connectivity index (χ2v) is 3.16. The summed E-state index contributed by atoms with van der Waals surface area (Å²) in [5.74, 6) is 0. The van der Waals surface area contributed by atoms with E-state index in [0.717, 1.165) is 6.42 Å². The lowest BCUT2D eigenvalue weighted by atomic mass is 10.2. The molecule has 0 fully saturated rings. The van der Waals surface area contributed by atoms with E-state index in [1.54, 1.807) is 0 Å². The van der Waals surface area contributed by atoms with Crippen molar-refractivity contribution in [1.29, 1.82) is 0 Å². The van der Waals surface area contributed by atoms with Gasteiger partial charge in [0.1, 0.15) is 0 Å². The van der Waals surface area contributed by atoms with Crippen molar-refractivity contribution in [3.63, 3.8) is 0 Å². The van der Waals surface area contributed by atoms with E-state index < -0.39 is 0 Å². The summed E-state index contributed by atoms with van der Waals surface area (Å²) in [5.41, 5.74) is 1.19. The maximum Gasteiger partial charge on any atom is 0.0555 e. The molecule has 0 aromatic heterocycles. The third-order valence-corrected chi connectivity index (χ3v) is 1.82. The molecule has 1 aromatic carbocycles. The van der Waals surface area contributed by atoms with Gasteiger partial charge in [0.15, 0.2) is 0 Å².